The summed E-state index contributed by atoms with van der Waals surface area (Å²) in [5.41, 5.74) is 1.77. The van der Waals surface area contributed by atoms with Crippen LogP contribution in [0.1, 0.15) is 30.6 Å². The average Bonchev–Trinajstić information content (AvgIpc) is 2.60. The molecule has 0 bridgehead atoms. The number of benzene rings is 1. The SMILES string of the molecule is CC(CCO)CNC(=O)NC(c1ccccc1)c1ccccn1. The Morgan fingerprint density at radius 3 is 2.57 bits per heavy atom. The van der Waals surface area contributed by atoms with E-state index in [0.717, 1.165) is 11.3 Å². The molecule has 0 spiro atoms. The van der Waals surface area contributed by atoms with Crippen molar-refractivity contribution in [2.24, 2.45) is 5.92 Å². The van der Waals surface area contributed by atoms with Crippen LogP contribution in [0.4, 0.5) is 4.79 Å². The maximum Gasteiger partial charge on any atom is 0.315 e. The number of aromatic nitrogens is 1. The Balaban J connectivity index is 2.05. The number of rotatable bonds is 7. The average molecular weight is 313 g/mol. The van der Waals surface area contributed by atoms with Gasteiger partial charge in [-0.2, -0.15) is 0 Å². The molecule has 3 N–H and O–H groups in total. The van der Waals surface area contributed by atoms with E-state index in [9.17, 15) is 4.79 Å². The van der Waals surface area contributed by atoms with Gasteiger partial charge in [-0.15, -0.1) is 0 Å². The van der Waals surface area contributed by atoms with E-state index in [2.05, 4.69) is 15.6 Å². The van der Waals surface area contributed by atoms with Crippen LogP contribution in [0.3, 0.4) is 0 Å². The summed E-state index contributed by atoms with van der Waals surface area (Å²) in [5, 5.41) is 14.7. The molecule has 0 fully saturated rings. The second-order valence-corrected chi connectivity index (χ2v) is 5.57. The van der Waals surface area contributed by atoms with Gasteiger partial charge in [0.25, 0.3) is 0 Å². The molecular weight excluding hydrogens is 290 g/mol. The molecule has 0 aliphatic rings. The van der Waals surface area contributed by atoms with E-state index < -0.39 is 0 Å². The van der Waals surface area contributed by atoms with Crippen molar-refractivity contribution in [3.05, 3.63) is 66.0 Å². The first kappa shape index (κ1) is 17.0. The van der Waals surface area contributed by atoms with Crippen LogP contribution in [0, 0.1) is 5.92 Å². The molecule has 0 aliphatic carbocycles. The van der Waals surface area contributed by atoms with Gasteiger partial charge in [0.1, 0.15) is 0 Å². The van der Waals surface area contributed by atoms with Crippen molar-refractivity contribution in [1.29, 1.82) is 0 Å². The predicted octanol–water partition coefficient (Wildman–Crippen LogP) is 2.49. The van der Waals surface area contributed by atoms with Crippen LogP contribution in [-0.2, 0) is 0 Å². The Kier molecular flexibility index (Phi) is 6.56. The number of carbonyl (C=O) groups is 1. The zero-order valence-corrected chi connectivity index (χ0v) is 13.3. The summed E-state index contributed by atoms with van der Waals surface area (Å²) >= 11 is 0. The largest absolute Gasteiger partial charge is 0.396 e. The van der Waals surface area contributed by atoms with Gasteiger partial charge in [0, 0.05) is 19.3 Å². The maximum absolute atomic E-state index is 12.2. The highest BCUT2D eigenvalue weighted by molar-refractivity contribution is 5.74. The fourth-order valence-corrected chi connectivity index (χ4v) is 2.29. The van der Waals surface area contributed by atoms with Gasteiger partial charge in [-0.25, -0.2) is 4.79 Å². The molecule has 5 nitrogen and oxygen atoms in total. The summed E-state index contributed by atoms with van der Waals surface area (Å²) in [7, 11) is 0. The molecule has 5 heteroatoms. The highest BCUT2D eigenvalue weighted by atomic mass is 16.3. The van der Waals surface area contributed by atoms with Gasteiger partial charge in [-0.3, -0.25) is 4.98 Å². The van der Waals surface area contributed by atoms with Gasteiger partial charge < -0.3 is 15.7 Å². The van der Waals surface area contributed by atoms with Crippen LogP contribution in [0.2, 0.25) is 0 Å². The number of amides is 2. The second kappa shape index (κ2) is 8.90. The molecule has 2 unspecified atom stereocenters. The summed E-state index contributed by atoms with van der Waals surface area (Å²) in [6.07, 6.45) is 2.39. The summed E-state index contributed by atoms with van der Waals surface area (Å²) < 4.78 is 0. The lowest BCUT2D eigenvalue weighted by Crippen LogP contribution is -2.40. The molecule has 2 rings (SSSR count). The lowest BCUT2D eigenvalue weighted by molar-refractivity contribution is 0.232. The molecule has 2 amide bonds. The van der Waals surface area contributed by atoms with E-state index in [4.69, 9.17) is 5.11 Å². The van der Waals surface area contributed by atoms with Gasteiger partial charge in [0.05, 0.1) is 11.7 Å². The number of hydrogen-bond acceptors (Lipinski definition) is 3. The van der Waals surface area contributed by atoms with Crippen LogP contribution in [-0.4, -0.2) is 29.3 Å². The number of nitrogens with one attached hydrogen (secondary N) is 2. The molecule has 0 aliphatic heterocycles. The first-order valence-corrected chi connectivity index (χ1v) is 7.81. The molecule has 0 radical (unpaired) electrons. The highest BCUT2D eigenvalue weighted by Gasteiger charge is 2.17. The minimum absolute atomic E-state index is 0.130. The molecule has 1 aromatic heterocycles. The van der Waals surface area contributed by atoms with Crippen molar-refractivity contribution in [3.8, 4) is 0 Å². The van der Waals surface area contributed by atoms with Crippen molar-refractivity contribution in [3.63, 3.8) is 0 Å². The fraction of sp³-hybridized carbons (Fsp3) is 0.333. The number of carbonyl (C=O) groups excluding carboxylic acids is 1. The second-order valence-electron chi connectivity index (χ2n) is 5.57. The minimum Gasteiger partial charge on any atom is -0.396 e. The van der Waals surface area contributed by atoms with E-state index in [-0.39, 0.29) is 24.6 Å². The number of aliphatic hydroxyl groups is 1. The predicted molar refractivity (Wildman–Crippen MR) is 89.9 cm³/mol. The first-order chi connectivity index (χ1) is 11.2. The molecule has 2 aromatic rings. The van der Waals surface area contributed by atoms with E-state index in [1.54, 1.807) is 6.20 Å². The van der Waals surface area contributed by atoms with E-state index in [1.807, 2.05) is 55.5 Å². The lowest BCUT2D eigenvalue weighted by atomic mass is 10.0. The third-order valence-electron chi connectivity index (χ3n) is 3.62. The van der Waals surface area contributed by atoms with E-state index in [0.29, 0.717) is 13.0 Å². The molecule has 122 valence electrons. The quantitative estimate of drug-likeness (QED) is 0.735. The monoisotopic (exact) mass is 313 g/mol. The van der Waals surface area contributed by atoms with Gasteiger partial charge >= 0.3 is 6.03 Å². The minimum atomic E-state index is -0.300. The molecule has 0 saturated carbocycles. The molecule has 1 aromatic carbocycles. The normalized spacial score (nSPS) is 13.1. The van der Waals surface area contributed by atoms with Gasteiger partial charge in [0.15, 0.2) is 0 Å². The summed E-state index contributed by atoms with van der Waals surface area (Å²) in [5.74, 6) is 0.232. The number of urea groups is 1. The van der Waals surface area contributed by atoms with Crippen molar-refractivity contribution in [2.75, 3.05) is 13.2 Å². The number of nitrogens with zero attached hydrogens (tertiary/aromatic N) is 1. The Morgan fingerprint density at radius 2 is 1.91 bits per heavy atom. The molecular formula is C18H23N3O2. The van der Waals surface area contributed by atoms with Gasteiger partial charge in [-0.05, 0) is 30.0 Å². The van der Waals surface area contributed by atoms with E-state index >= 15 is 0 Å². The van der Waals surface area contributed by atoms with Crippen molar-refractivity contribution >= 4 is 6.03 Å². The number of hydrogen-bond donors (Lipinski definition) is 3. The molecule has 1 heterocycles. The smallest absolute Gasteiger partial charge is 0.315 e. The van der Waals surface area contributed by atoms with E-state index in [1.165, 1.54) is 0 Å². The van der Waals surface area contributed by atoms with Gasteiger partial charge in [0.2, 0.25) is 0 Å². The molecule has 23 heavy (non-hydrogen) atoms. The van der Waals surface area contributed by atoms with Crippen molar-refractivity contribution < 1.29 is 9.90 Å². The first-order valence-electron chi connectivity index (χ1n) is 7.81. The summed E-state index contributed by atoms with van der Waals surface area (Å²) in [6, 6.07) is 14.9. The number of pyridine rings is 1. The Morgan fingerprint density at radius 1 is 1.17 bits per heavy atom. The Hall–Kier alpha value is -2.40. The van der Waals surface area contributed by atoms with Crippen LogP contribution in [0.15, 0.2) is 54.7 Å². The number of aliphatic hydroxyl groups excluding tert-OH is 1. The Bertz CT molecular complexity index is 550. The zero-order valence-electron chi connectivity index (χ0n) is 13.3. The summed E-state index contributed by atoms with van der Waals surface area (Å²) in [6.45, 7) is 2.64. The third kappa shape index (κ3) is 5.38. The van der Waals surface area contributed by atoms with Crippen molar-refractivity contribution in [1.82, 2.24) is 15.6 Å². The van der Waals surface area contributed by atoms with Crippen LogP contribution in [0.25, 0.3) is 0 Å². The topological polar surface area (TPSA) is 74.2 Å². The highest BCUT2D eigenvalue weighted by Crippen LogP contribution is 2.19. The molecule has 0 saturated heterocycles. The van der Waals surface area contributed by atoms with Crippen molar-refractivity contribution in [2.45, 2.75) is 19.4 Å². The zero-order chi connectivity index (χ0) is 16.5. The Labute approximate surface area is 136 Å². The lowest BCUT2D eigenvalue weighted by Gasteiger charge is -2.20. The molecule has 2 atom stereocenters. The van der Waals surface area contributed by atoms with Gasteiger partial charge in [-0.1, -0.05) is 43.3 Å². The van der Waals surface area contributed by atoms with Crippen LogP contribution < -0.4 is 10.6 Å². The van der Waals surface area contributed by atoms with Crippen LogP contribution in [0.5, 0.6) is 0 Å². The fourth-order valence-electron chi connectivity index (χ4n) is 2.29. The summed E-state index contributed by atoms with van der Waals surface area (Å²) in [4.78, 5) is 16.6. The standard InChI is InChI=1S/C18H23N3O2/c1-14(10-12-22)13-20-18(23)21-17(15-7-3-2-4-8-15)16-9-5-6-11-19-16/h2-9,11,14,17,22H,10,12-13H2,1H3,(H2,20,21,23). The third-order valence-corrected chi connectivity index (χ3v) is 3.62. The maximum atomic E-state index is 12.2. The van der Waals surface area contributed by atoms with Crippen LogP contribution >= 0.6 is 0 Å².